The van der Waals surface area contributed by atoms with Crippen LogP contribution in [0.1, 0.15) is 12.0 Å². The van der Waals surface area contributed by atoms with Gasteiger partial charge in [-0.05, 0) is 30.7 Å². The van der Waals surface area contributed by atoms with Gasteiger partial charge >= 0.3 is 0 Å². The molecule has 2 N–H and O–H groups in total. The first-order chi connectivity index (χ1) is 9.90. The van der Waals surface area contributed by atoms with Crippen LogP contribution in [0.3, 0.4) is 0 Å². The third-order valence-corrected chi connectivity index (χ3v) is 3.51. The zero-order valence-corrected chi connectivity index (χ0v) is 11.5. The van der Waals surface area contributed by atoms with Crippen molar-refractivity contribution in [3.05, 3.63) is 60.2 Å². The van der Waals surface area contributed by atoms with Gasteiger partial charge in [0.1, 0.15) is 12.4 Å². The Labute approximate surface area is 120 Å². The number of nitrogens with one attached hydrogen (secondary N) is 2. The molecule has 0 spiro atoms. The van der Waals surface area contributed by atoms with Crippen LogP contribution in [0.5, 0.6) is 5.75 Å². The highest BCUT2D eigenvalue weighted by Gasteiger charge is 2.13. The Morgan fingerprint density at radius 1 is 1.10 bits per heavy atom. The minimum Gasteiger partial charge on any atom is -0.489 e. The molecule has 20 heavy (non-hydrogen) atoms. The summed E-state index contributed by atoms with van der Waals surface area (Å²) < 4.78 is 5.84. The molecule has 2 aromatic carbocycles. The van der Waals surface area contributed by atoms with Crippen LogP contribution < -0.4 is 15.4 Å². The number of rotatable bonds is 5. The van der Waals surface area contributed by atoms with Crippen molar-refractivity contribution in [2.75, 3.05) is 18.4 Å². The van der Waals surface area contributed by atoms with E-state index in [4.69, 9.17) is 4.74 Å². The summed E-state index contributed by atoms with van der Waals surface area (Å²) in [7, 11) is 0. The van der Waals surface area contributed by atoms with E-state index in [0.29, 0.717) is 12.6 Å². The summed E-state index contributed by atoms with van der Waals surface area (Å²) in [4.78, 5) is 0. The minimum atomic E-state index is 0.527. The van der Waals surface area contributed by atoms with E-state index in [1.54, 1.807) is 0 Å². The monoisotopic (exact) mass is 268 g/mol. The van der Waals surface area contributed by atoms with Crippen LogP contribution in [0.15, 0.2) is 54.6 Å². The van der Waals surface area contributed by atoms with Crippen molar-refractivity contribution >= 4 is 5.69 Å². The van der Waals surface area contributed by atoms with Gasteiger partial charge in [0.05, 0.1) is 0 Å². The van der Waals surface area contributed by atoms with Gasteiger partial charge in [-0.2, -0.15) is 0 Å². The summed E-state index contributed by atoms with van der Waals surface area (Å²) in [6, 6.07) is 19.0. The Bertz CT molecular complexity index is 536. The van der Waals surface area contributed by atoms with Gasteiger partial charge in [-0.3, -0.25) is 0 Å². The van der Waals surface area contributed by atoms with Crippen molar-refractivity contribution in [1.29, 1.82) is 0 Å². The molecule has 1 unspecified atom stereocenters. The molecule has 0 saturated carbocycles. The normalized spacial score (nSPS) is 17.9. The second kappa shape index (κ2) is 6.44. The zero-order valence-electron chi connectivity index (χ0n) is 11.5. The zero-order chi connectivity index (χ0) is 13.6. The molecule has 1 heterocycles. The van der Waals surface area contributed by atoms with Crippen molar-refractivity contribution in [3.63, 3.8) is 0 Å². The lowest BCUT2D eigenvalue weighted by atomic mass is 10.2. The Balaban J connectivity index is 1.59. The van der Waals surface area contributed by atoms with Crippen molar-refractivity contribution in [2.24, 2.45) is 0 Å². The lowest BCUT2D eigenvalue weighted by Gasteiger charge is -2.14. The fourth-order valence-corrected chi connectivity index (χ4v) is 2.43. The van der Waals surface area contributed by atoms with E-state index in [-0.39, 0.29) is 0 Å². The molecule has 1 atom stereocenters. The third-order valence-electron chi connectivity index (χ3n) is 3.51. The largest absolute Gasteiger partial charge is 0.489 e. The van der Waals surface area contributed by atoms with E-state index in [9.17, 15) is 0 Å². The van der Waals surface area contributed by atoms with Crippen LogP contribution in [0.2, 0.25) is 0 Å². The van der Waals surface area contributed by atoms with E-state index >= 15 is 0 Å². The van der Waals surface area contributed by atoms with Crippen LogP contribution in [-0.4, -0.2) is 19.1 Å². The number of hydrogen-bond donors (Lipinski definition) is 2. The summed E-state index contributed by atoms with van der Waals surface area (Å²) in [5, 5.41) is 6.90. The first-order valence-corrected chi connectivity index (χ1v) is 7.14. The van der Waals surface area contributed by atoms with E-state index in [1.165, 1.54) is 12.0 Å². The summed E-state index contributed by atoms with van der Waals surface area (Å²) in [6.45, 7) is 2.74. The molecule has 0 radical (unpaired) electrons. The highest BCUT2D eigenvalue weighted by atomic mass is 16.5. The van der Waals surface area contributed by atoms with Crippen LogP contribution in [0.4, 0.5) is 5.69 Å². The summed E-state index contributed by atoms with van der Waals surface area (Å²) in [6.07, 6.45) is 1.18. The first kappa shape index (κ1) is 13.0. The summed E-state index contributed by atoms with van der Waals surface area (Å²) in [5.41, 5.74) is 2.31. The van der Waals surface area contributed by atoms with Crippen LogP contribution >= 0.6 is 0 Å². The first-order valence-electron chi connectivity index (χ1n) is 7.14. The second-order valence-corrected chi connectivity index (χ2v) is 5.14. The van der Waals surface area contributed by atoms with Gasteiger partial charge in [0, 0.05) is 24.3 Å². The molecule has 0 amide bonds. The van der Waals surface area contributed by atoms with Gasteiger partial charge in [0.15, 0.2) is 0 Å². The average molecular weight is 268 g/mol. The molecule has 2 aromatic rings. The Morgan fingerprint density at radius 3 is 2.80 bits per heavy atom. The van der Waals surface area contributed by atoms with E-state index in [2.05, 4.69) is 34.9 Å². The molecule has 0 aliphatic carbocycles. The minimum absolute atomic E-state index is 0.527. The quantitative estimate of drug-likeness (QED) is 0.874. The molecule has 0 aromatic heterocycles. The molecule has 1 aliphatic rings. The lowest BCUT2D eigenvalue weighted by Crippen LogP contribution is -2.21. The Hall–Kier alpha value is -2.00. The summed E-state index contributed by atoms with van der Waals surface area (Å²) >= 11 is 0. The molecule has 1 saturated heterocycles. The average Bonchev–Trinajstić information content (AvgIpc) is 3.00. The topological polar surface area (TPSA) is 33.3 Å². The Kier molecular flexibility index (Phi) is 4.19. The molecular weight excluding hydrogens is 248 g/mol. The smallest absolute Gasteiger partial charge is 0.121 e. The van der Waals surface area contributed by atoms with E-state index < -0.39 is 0 Å². The highest BCUT2D eigenvalue weighted by molar-refractivity contribution is 5.49. The molecular formula is C17H20N2O. The van der Waals surface area contributed by atoms with Crippen molar-refractivity contribution < 1.29 is 4.74 Å². The van der Waals surface area contributed by atoms with Gasteiger partial charge < -0.3 is 15.4 Å². The molecule has 1 aliphatic heterocycles. The number of ether oxygens (including phenoxy) is 1. The SMILES string of the molecule is c1ccc(COc2cccc(NC3CCNC3)c2)cc1. The molecule has 1 fully saturated rings. The number of benzene rings is 2. The van der Waals surface area contributed by atoms with Gasteiger partial charge in [-0.15, -0.1) is 0 Å². The van der Waals surface area contributed by atoms with E-state index in [1.807, 2.05) is 30.3 Å². The molecule has 3 rings (SSSR count). The Morgan fingerprint density at radius 2 is 2.00 bits per heavy atom. The van der Waals surface area contributed by atoms with Gasteiger partial charge in [0.25, 0.3) is 0 Å². The van der Waals surface area contributed by atoms with Crippen molar-refractivity contribution in [3.8, 4) is 5.75 Å². The predicted octanol–water partition coefficient (Wildman–Crippen LogP) is 3.04. The fourth-order valence-electron chi connectivity index (χ4n) is 2.43. The highest BCUT2D eigenvalue weighted by Crippen LogP contribution is 2.20. The maximum Gasteiger partial charge on any atom is 0.121 e. The van der Waals surface area contributed by atoms with Gasteiger partial charge in [-0.25, -0.2) is 0 Å². The van der Waals surface area contributed by atoms with E-state index in [0.717, 1.165) is 24.5 Å². The van der Waals surface area contributed by atoms with Gasteiger partial charge in [0.2, 0.25) is 0 Å². The maximum absolute atomic E-state index is 5.84. The number of hydrogen-bond acceptors (Lipinski definition) is 3. The van der Waals surface area contributed by atoms with Crippen LogP contribution in [0, 0.1) is 0 Å². The maximum atomic E-state index is 5.84. The number of anilines is 1. The lowest BCUT2D eigenvalue weighted by molar-refractivity contribution is 0.306. The molecule has 3 nitrogen and oxygen atoms in total. The van der Waals surface area contributed by atoms with Crippen molar-refractivity contribution in [1.82, 2.24) is 5.32 Å². The third kappa shape index (κ3) is 3.52. The van der Waals surface area contributed by atoms with Gasteiger partial charge in [-0.1, -0.05) is 36.4 Å². The van der Waals surface area contributed by atoms with Crippen LogP contribution in [0.25, 0.3) is 0 Å². The standard InChI is InChI=1S/C17H20N2O/c1-2-5-14(6-3-1)13-20-17-8-4-7-15(11-17)19-16-9-10-18-12-16/h1-8,11,16,18-19H,9-10,12-13H2. The fraction of sp³-hybridized carbons (Fsp3) is 0.294. The predicted molar refractivity (Wildman–Crippen MR) is 82.1 cm³/mol. The second-order valence-electron chi connectivity index (χ2n) is 5.14. The summed E-state index contributed by atoms with van der Waals surface area (Å²) in [5.74, 6) is 0.907. The van der Waals surface area contributed by atoms with Crippen LogP contribution in [-0.2, 0) is 6.61 Å². The molecule has 3 heteroatoms. The molecule has 0 bridgehead atoms. The van der Waals surface area contributed by atoms with Crippen molar-refractivity contribution in [2.45, 2.75) is 19.1 Å². The molecule has 104 valence electrons.